The van der Waals surface area contributed by atoms with Gasteiger partial charge in [-0.2, -0.15) is 0 Å². The normalized spacial score (nSPS) is 9.82. The molecule has 0 aliphatic carbocycles. The Bertz CT molecular complexity index is 218. The monoisotopic (exact) mass is 154 g/mol. The standard InChI is InChI=1S/C7H10N2O2/c8-7(9)5-10-4-6-2-1-3-11-6/h1-3H,4-5H2,(H3,8,9). The Kier molecular flexibility index (Phi) is 2.68. The Morgan fingerprint density at radius 3 is 3.09 bits per heavy atom. The van der Waals surface area contributed by atoms with E-state index >= 15 is 0 Å². The predicted octanol–water partition coefficient (Wildman–Crippen LogP) is 0.732. The minimum atomic E-state index is 0.0246. The Labute approximate surface area is 64.5 Å². The fourth-order valence-corrected chi connectivity index (χ4v) is 0.656. The lowest BCUT2D eigenvalue weighted by atomic mass is 10.5. The molecule has 1 rings (SSSR count). The third-order valence-corrected chi connectivity index (χ3v) is 1.08. The third kappa shape index (κ3) is 2.86. The summed E-state index contributed by atoms with van der Waals surface area (Å²) in [7, 11) is 0. The molecule has 1 aromatic heterocycles. The zero-order valence-corrected chi connectivity index (χ0v) is 6.04. The Morgan fingerprint density at radius 1 is 1.73 bits per heavy atom. The van der Waals surface area contributed by atoms with E-state index in [9.17, 15) is 0 Å². The smallest absolute Gasteiger partial charge is 0.129 e. The van der Waals surface area contributed by atoms with E-state index in [0.29, 0.717) is 6.61 Å². The average Bonchev–Trinajstić information content (AvgIpc) is 2.39. The van der Waals surface area contributed by atoms with Crippen LogP contribution < -0.4 is 5.73 Å². The lowest BCUT2D eigenvalue weighted by molar-refractivity contribution is 0.139. The molecule has 0 fully saturated rings. The van der Waals surface area contributed by atoms with Crippen LogP contribution in [0.3, 0.4) is 0 Å². The van der Waals surface area contributed by atoms with E-state index in [-0.39, 0.29) is 12.4 Å². The van der Waals surface area contributed by atoms with Crippen molar-refractivity contribution in [2.45, 2.75) is 6.61 Å². The first kappa shape index (κ1) is 7.81. The molecule has 0 aliphatic heterocycles. The van der Waals surface area contributed by atoms with Crippen LogP contribution in [0.25, 0.3) is 0 Å². The minimum absolute atomic E-state index is 0.0246. The molecule has 0 unspecified atom stereocenters. The lowest BCUT2D eigenvalue weighted by Crippen LogP contribution is -2.16. The molecule has 0 aliphatic rings. The molecule has 0 saturated heterocycles. The van der Waals surface area contributed by atoms with E-state index in [4.69, 9.17) is 20.3 Å². The van der Waals surface area contributed by atoms with E-state index < -0.39 is 0 Å². The highest BCUT2D eigenvalue weighted by molar-refractivity contribution is 5.78. The number of amidine groups is 1. The molecule has 0 atom stereocenters. The molecule has 4 nitrogen and oxygen atoms in total. The van der Waals surface area contributed by atoms with Gasteiger partial charge in [-0.05, 0) is 12.1 Å². The predicted molar refractivity (Wildman–Crippen MR) is 40.3 cm³/mol. The van der Waals surface area contributed by atoms with Crippen LogP contribution in [-0.2, 0) is 11.3 Å². The van der Waals surface area contributed by atoms with Gasteiger partial charge < -0.3 is 14.9 Å². The quantitative estimate of drug-likeness (QED) is 0.496. The van der Waals surface area contributed by atoms with Crippen molar-refractivity contribution in [1.29, 1.82) is 5.41 Å². The van der Waals surface area contributed by atoms with Crippen molar-refractivity contribution in [3.63, 3.8) is 0 Å². The second kappa shape index (κ2) is 3.78. The van der Waals surface area contributed by atoms with E-state index in [1.54, 1.807) is 18.4 Å². The van der Waals surface area contributed by atoms with Gasteiger partial charge >= 0.3 is 0 Å². The number of nitrogens with two attached hydrogens (primary N) is 1. The highest BCUT2D eigenvalue weighted by atomic mass is 16.5. The van der Waals surface area contributed by atoms with Crippen LogP contribution >= 0.6 is 0 Å². The molecule has 0 spiro atoms. The Hall–Kier alpha value is -1.29. The summed E-state index contributed by atoms with van der Waals surface area (Å²) < 4.78 is 9.98. The van der Waals surface area contributed by atoms with Crippen molar-refractivity contribution in [2.75, 3.05) is 6.61 Å². The fraction of sp³-hybridized carbons (Fsp3) is 0.286. The summed E-state index contributed by atoms with van der Waals surface area (Å²) in [5.41, 5.74) is 5.06. The summed E-state index contributed by atoms with van der Waals surface area (Å²) >= 11 is 0. The van der Waals surface area contributed by atoms with E-state index in [2.05, 4.69) is 0 Å². The van der Waals surface area contributed by atoms with Crippen LogP contribution in [0.5, 0.6) is 0 Å². The van der Waals surface area contributed by atoms with Gasteiger partial charge in [0.15, 0.2) is 0 Å². The zero-order chi connectivity index (χ0) is 8.10. The van der Waals surface area contributed by atoms with Gasteiger partial charge in [-0.3, -0.25) is 5.41 Å². The van der Waals surface area contributed by atoms with Gasteiger partial charge in [0.25, 0.3) is 0 Å². The van der Waals surface area contributed by atoms with Crippen molar-refractivity contribution in [2.24, 2.45) is 5.73 Å². The molecule has 1 heterocycles. The van der Waals surface area contributed by atoms with Gasteiger partial charge in [-0.1, -0.05) is 0 Å². The first-order valence-corrected chi connectivity index (χ1v) is 3.22. The van der Waals surface area contributed by atoms with Gasteiger partial charge in [-0.25, -0.2) is 0 Å². The highest BCUT2D eigenvalue weighted by Crippen LogP contribution is 2.00. The molecule has 4 heteroatoms. The maximum absolute atomic E-state index is 6.85. The molecule has 60 valence electrons. The number of rotatable bonds is 4. The minimum Gasteiger partial charge on any atom is -0.467 e. The Morgan fingerprint density at radius 2 is 2.55 bits per heavy atom. The number of furan rings is 1. The van der Waals surface area contributed by atoms with Crippen molar-refractivity contribution >= 4 is 5.84 Å². The van der Waals surface area contributed by atoms with Crippen LogP contribution in [0.1, 0.15) is 5.76 Å². The summed E-state index contributed by atoms with van der Waals surface area (Å²) in [6, 6.07) is 3.59. The highest BCUT2D eigenvalue weighted by Gasteiger charge is 1.95. The molecule has 0 bridgehead atoms. The van der Waals surface area contributed by atoms with Crippen molar-refractivity contribution in [3.8, 4) is 0 Å². The average molecular weight is 154 g/mol. The summed E-state index contributed by atoms with van der Waals surface area (Å²) in [6.07, 6.45) is 1.58. The maximum Gasteiger partial charge on any atom is 0.129 e. The molecule has 11 heavy (non-hydrogen) atoms. The van der Waals surface area contributed by atoms with Crippen molar-refractivity contribution in [1.82, 2.24) is 0 Å². The Balaban J connectivity index is 2.19. The maximum atomic E-state index is 6.85. The number of hydrogen-bond donors (Lipinski definition) is 2. The number of ether oxygens (including phenoxy) is 1. The van der Waals surface area contributed by atoms with Gasteiger partial charge in [0.2, 0.25) is 0 Å². The molecular weight excluding hydrogens is 144 g/mol. The van der Waals surface area contributed by atoms with E-state index in [1.165, 1.54) is 0 Å². The van der Waals surface area contributed by atoms with Gasteiger partial charge in [-0.15, -0.1) is 0 Å². The molecule has 0 aromatic carbocycles. The number of hydrogen-bond acceptors (Lipinski definition) is 3. The molecule has 1 aromatic rings. The van der Waals surface area contributed by atoms with Crippen LogP contribution in [0.15, 0.2) is 22.8 Å². The zero-order valence-electron chi connectivity index (χ0n) is 6.04. The topological polar surface area (TPSA) is 72.2 Å². The molecule has 0 amide bonds. The second-order valence-corrected chi connectivity index (χ2v) is 2.10. The van der Waals surface area contributed by atoms with Crippen LogP contribution in [0, 0.1) is 5.41 Å². The van der Waals surface area contributed by atoms with Crippen LogP contribution in [0.4, 0.5) is 0 Å². The summed E-state index contributed by atoms with van der Waals surface area (Å²) in [6.45, 7) is 0.521. The molecule has 3 N–H and O–H groups in total. The lowest BCUT2D eigenvalue weighted by Gasteiger charge is -1.98. The van der Waals surface area contributed by atoms with Gasteiger partial charge in [0.1, 0.15) is 24.8 Å². The second-order valence-electron chi connectivity index (χ2n) is 2.10. The summed E-state index contributed by atoms with van der Waals surface area (Å²) in [5, 5.41) is 6.85. The van der Waals surface area contributed by atoms with Crippen molar-refractivity contribution < 1.29 is 9.15 Å². The molecule has 0 radical (unpaired) electrons. The first-order chi connectivity index (χ1) is 5.29. The van der Waals surface area contributed by atoms with Crippen LogP contribution in [-0.4, -0.2) is 12.4 Å². The van der Waals surface area contributed by atoms with Gasteiger partial charge in [0.05, 0.1) is 6.26 Å². The van der Waals surface area contributed by atoms with Crippen molar-refractivity contribution in [3.05, 3.63) is 24.2 Å². The van der Waals surface area contributed by atoms with E-state index in [0.717, 1.165) is 5.76 Å². The molecular formula is C7H10N2O2. The van der Waals surface area contributed by atoms with Crippen LogP contribution in [0.2, 0.25) is 0 Å². The first-order valence-electron chi connectivity index (χ1n) is 3.22. The SMILES string of the molecule is N=C(N)COCc1ccco1. The third-order valence-electron chi connectivity index (χ3n) is 1.08. The largest absolute Gasteiger partial charge is 0.467 e. The number of nitrogens with one attached hydrogen (secondary N) is 1. The van der Waals surface area contributed by atoms with Gasteiger partial charge in [0, 0.05) is 0 Å². The fourth-order valence-electron chi connectivity index (χ4n) is 0.656. The summed E-state index contributed by atoms with van der Waals surface area (Å²) in [5.74, 6) is 0.766. The molecule has 0 saturated carbocycles. The van der Waals surface area contributed by atoms with E-state index in [1.807, 2.05) is 0 Å². The summed E-state index contributed by atoms with van der Waals surface area (Å²) in [4.78, 5) is 0.